The monoisotopic (exact) mass is 308 g/mol. The molecule has 0 radical (unpaired) electrons. The number of hydrogen-bond donors (Lipinski definition) is 1. The molecule has 2 rings (SSSR count). The first-order valence-electron chi connectivity index (χ1n) is 5.06. The summed E-state index contributed by atoms with van der Waals surface area (Å²) in [4.78, 5) is 29.6. The first-order chi connectivity index (χ1) is 8.63. The lowest BCUT2D eigenvalue weighted by atomic mass is 10.2. The van der Waals surface area contributed by atoms with Gasteiger partial charge in [-0.3, -0.25) is 4.79 Å². The van der Waals surface area contributed by atoms with Gasteiger partial charge < -0.3 is 9.72 Å². The molecule has 0 atom stereocenters. The standard InChI is InChI=1S/C12H9BrN2O3/c1-18-12(17)8-6-14-10(15-11(8)16)7-4-2-3-5-9(7)13/h2-6H,1H3,(H,14,15,16). The number of aromatic nitrogens is 2. The molecule has 0 unspecified atom stereocenters. The van der Waals surface area contributed by atoms with Gasteiger partial charge in [-0.25, -0.2) is 9.78 Å². The number of aromatic amines is 1. The maximum absolute atomic E-state index is 11.7. The van der Waals surface area contributed by atoms with Gasteiger partial charge in [-0.1, -0.05) is 34.1 Å². The van der Waals surface area contributed by atoms with E-state index in [1.165, 1.54) is 13.3 Å². The molecule has 0 fully saturated rings. The average molecular weight is 309 g/mol. The lowest BCUT2D eigenvalue weighted by molar-refractivity contribution is 0.0598. The van der Waals surface area contributed by atoms with Crippen LogP contribution < -0.4 is 5.56 Å². The zero-order valence-corrected chi connectivity index (χ0v) is 11.0. The van der Waals surface area contributed by atoms with Gasteiger partial charge in [0.2, 0.25) is 0 Å². The van der Waals surface area contributed by atoms with E-state index >= 15 is 0 Å². The summed E-state index contributed by atoms with van der Waals surface area (Å²) >= 11 is 3.36. The normalized spacial score (nSPS) is 10.1. The molecule has 1 aromatic heterocycles. The number of nitrogens with zero attached hydrogens (tertiary/aromatic N) is 1. The third kappa shape index (κ3) is 2.33. The van der Waals surface area contributed by atoms with Crippen LogP contribution in [-0.4, -0.2) is 23.0 Å². The van der Waals surface area contributed by atoms with Crippen LogP contribution in [0.25, 0.3) is 11.4 Å². The number of benzene rings is 1. The topological polar surface area (TPSA) is 72.0 Å². The van der Waals surface area contributed by atoms with E-state index in [4.69, 9.17) is 0 Å². The molecule has 0 amide bonds. The first-order valence-corrected chi connectivity index (χ1v) is 5.85. The third-order valence-electron chi connectivity index (χ3n) is 2.33. The Hall–Kier alpha value is -1.95. The predicted molar refractivity (Wildman–Crippen MR) is 69.3 cm³/mol. The van der Waals surface area contributed by atoms with E-state index in [1.54, 1.807) is 6.07 Å². The third-order valence-corrected chi connectivity index (χ3v) is 3.03. The highest BCUT2D eigenvalue weighted by atomic mass is 79.9. The minimum atomic E-state index is -0.706. The maximum Gasteiger partial charge on any atom is 0.345 e. The van der Waals surface area contributed by atoms with Crippen molar-refractivity contribution in [2.24, 2.45) is 0 Å². The van der Waals surface area contributed by atoms with Crippen molar-refractivity contribution in [2.75, 3.05) is 7.11 Å². The van der Waals surface area contributed by atoms with Crippen molar-refractivity contribution in [3.8, 4) is 11.4 Å². The molecule has 18 heavy (non-hydrogen) atoms. The smallest absolute Gasteiger partial charge is 0.345 e. The van der Waals surface area contributed by atoms with Crippen LogP contribution in [0.4, 0.5) is 0 Å². The molecule has 0 bridgehead atoms. The van der Waals surface area contributed by atoms with Crippen LogP contribution in [0.3, 0.4) is 0 Å². The first kappa shape index (κ1) is 12.5. The summed E-state index contributed by atoms with van der Waals surface area (Å²) in [5.74, 6) is -0.317. The average Bonchev–Trinajstić information content (AvgIpc) is 2.38. The fourth-order valence-electron chi connectivity index (χ4n) is 1.44. The maximum atomic E-state index is 11.7. The van der Waals surface area contributed by atoms with Gasteiger partial charge in [0.05, 0.1) is 7.11 Å². The number of methoxy groups -OCH3 is 1. The zero-order valence-electron chi connectivity index (χ0n) is 9.44. The molecule has 2 aromatic rings. The minimum absolute atomic E-state index is 0.117. The molecular weight excluding hydrogens is 300 g/mol. The van der Waals surface area contributed by atoms with Crippen LogP contribution >= 0.6 is 15.9 Å². The molecule has 0 aliphatic carbocycles. The summed E-state index contributed by atoms with van der Waals surface area (Å²) in [7, 11) is 1.21. The van der Waals surface area contributed by atoms with E-state index in [9.17, 15) is 9.59 Å². The highest BCUT2D eigenvalue weighted by molar-refractivity contribution is 9.10. The van der Waals surface area contributed by atoms with Crippen LogP contribution in [0.5, 0.6) is 0 Å². The van der Waals surface area contributed by atoms with E-state index < -0.39 is 11.5 Å². The molecular formula is C12H9BrN2O3. The van der Waals surface area contributed by atoms with E-state index in [0.717, 1.165) is 10.0 Å². The molecule has 5 nitrogen and oxygen atoms in total. The molecule has 6 heteroatoms. The Bertz CT molecular complexity index is 652. The lowest BCUT2D eigenvalue weighted by Gasteiger charge is -2.04. The van der Waals surface area contributed by atoms with E-state index in [0.29, 0.717) is 5.82 Å². The highest BCUT2D eigenvalue weighted by Crippen LogP contribution is 2.23. The van der Waals surface area contributed by atoms with Crippen molar-refractivity contribution in [1.82, 2.24) is 9.97 Å². The van der Waals surface area contributed by atoms with Crippen molar-refractivity contribution in [3.05, 3.63) is 50.9 Å². The van der Waals surface area contributed by atoms with Crippen LogP contribution in [0.15, 0.2) is 39.7 Å². The van der Waals surface area contributed by atoms with E-state index in [2.05, 4.69) is 30.6 Å². The van der Waals surface area contributed by atoms with Crippen molar-refractivity contribution >= 4 is 21.9 Å². The quantitative estimate of drug-likeness (QED) is 0.861. The predicted octanol–water partition coefficient (Wildman–Crippen LogP) is 1.99. The SMILES string of the molecule is COC(=O)c1cnc(-c2ccccc2Br)[nH]c1=O. The number of ether oxygens (including phenoxy) is 1. The number of esters is 1. The van der Waals surface area contributed by atoms with Crippen molar-refractivity contribution in [3.63, 3.8) is 0 Å². The summed E-state index contributed by atoms with van der Waals surface area (Å²) in [6.45, 7) is 0. The Balaban J connectivity index is 2.51. The number of nitrogens with one attached hydrogen (secondary N) is 1. The summed E-state index contributed by atoms with van der Waals surface area (Å²) < 4.78 is 5.28. The molecule has 0 aliphatic rings. The van der Waals surface area contributed by atoms with Gasteiger partial charge in [0.25, 0.3) is 5.56 Å². The highest BCUT2D eigenvalue weighted by Gasteiger charge is 2.13. The van der Waals surface area contributed by atoms with Gasteiger partial charge in [-0.05, 0) is 6.07 Å². The molecule has 0 saturated carbocycles. The van der Waals surface area contributed by atoms with Gasteiger partial charge in [-0.15, -0.1) is 0 Å². The summed E-state index contributed by atoms with van der Waals surface area (Å²) in [6.07, 6.45) is 1.21. The zero-order chi connectivity index (χ0) is 13.1. The van der Waals surface area contributed by atoms with Crippen molar-refractivity contribution in [1.29, 1.82) is 0 Å². The molecule has 92 valence electrons. The van der Waals surface area contributed by atoms with Gasteiger partial charge in [0, 0.05) is 16.2 Å². The number of carbonyl (C=O) groups is 1. The number of H-pyrrole nitrogens is 1. The minimum Gasteiger partial charge on any atom is -0.465 e. The second-order valence-corrected chi connectivity index (χ2v) is 4.30. The second-order valence-electron chi connectivity index (χ2n) is 3.45. The fraction of sp³-hybridized carbons (Fsp3) is 0.0833. The van der Waals surface area contributed by atoms with Crippen LogP contribution in [-0.2, 0) is 4.74 Å². The fourth-order valence-corrected chi connectivity index (χ4v) is 1.91. The number of carbonyl (C=O) groups excluding carboxylic acids is 1. The Kier molecular flexibility index (Phi) is 3.57. The Morgan fingerprint density at radius 1 is 1.39 bits per heavy atom. The number of halogens is 1. The summed E-state index contributed by atoms with van der Waals surface area (Å²) in [5.41, 5.74) is 0.0990. The largest absolute Gasteiger partial charge is 0.465 e. The Morgan fingerprint density at radius 3 is 2.72 bits per heavy atom. The molecule has 1 aromatic carbocycles. The van der Waals surface area contributed by atoms with Gasteiger partial charge in [-0.2, -0.15) is 0 Å². The number of rotatable bonds is 2. The van der Waals surface area contributed by atoms with Gasteiger partial charge >= 0.3 is 5.97 Å². The molecule has 0 aliphatic heterocycles. The molecule has 0 saturated heterocycles. The summed E-state index contributed by atoms with van der Waals surface area (Å²) in [6, 6.07) is 7.33. The van der Waals surface area contributed by atoms with E-state index in [1.807, 2.05) is 18.2 Å². The van der Waals surface area contributed by atoms with Crippen molar-refractivity contribution in [2.45, 2.75) is 0 Å². The van der Waals surface area contributed by atoms with Crippen molar-refractivity contribution < 1.29 is 9.53 Å². The molecule has 1 N–H and O–H groups in total. The lowest BCUT2D eigenvalue weighted by Crippen LogP contribution is -2.20. The van der Waals surface area contributed by atoms with Crippen LogP contribution in [0.1, 0.15) is 10.4 Å². The Labute approximate surface area is 111 Å². The summed E-state index contributed by atoms with van der Waals surface area (Å²) in [5, 5.41) is 0. The molecule has 1 heterocycles. The molecule has 0 spiro atoms. The van der Waals surface area contributed by atoms with Gasteiger partial charge in [0.1, 0.15) is 11.4 Å². The van der Waals surface area contributed by atoms with Crippen LogP contribution in [0.2, 0.25) is 0 Å². The number of hydrogen-bond acceptors (Lipinski definition) is 4. The van der Waals surface area contributed by atoms with Crippen LogP contribution in [0, 0.1) is 0 Å². The Morgan fingerprint density at radius 2 is 2.11 bits per heavy atom. The second kappa shape index (κ2) is 5.14. The van der Waals surface area contributed by atoms with E-state index in [-0.39, 0.29) is 5.56 Å². The van der Waals surface area contributed by atoms with Gasteiger partial charge in [0.15, 0.2) is 0 Å².